The number of anilines is 2. The van der Waals surface area contributed by atoms with Crippen LogP contribution in [0.25, 0.3) is 0 Å². The first kappa shape index (κ1) is 38.7. The first-order valence-electron chi connectivity index (χ1n) is 17.6. The summed E-state index contributed by atoms with van der Waals surface area (Å²) in [4.78, 5) is 74.9. The summed E-state index contributed by atoms with van der Waals surface area (Å²) >= 11 is 12.5. The molecule has 3 fully saturated rings. The van der Waals surface area contributed by atoms with Gasteiger partial charge in [0.05, 0.1) is 46.6 Å². The lowest BCUT2D eigenvalue weighted by Gasteiger charge is -2.50. The number of methoxy groups -OCH3 is 1. The Kier molecular flexibility index (Phi) is 9.19. The SMILES string of the molecule is COc1ccc([C@H]2C3=CC[C@@H]4C(=O)N(c5ccc(C(=O)O)c(O)c5)C(=O)[C@@H]4[C@@H]3C[C@H]3C(=O)N(Nc4ncc(C(F)(F)F)cc4Cl)C(=O)[C@@]23c2ccc(Cl)cc2)cc1O. The minimum absolute atomic E-state index is 0.00590. The molecule has 2 saturated heterocycles. The van der Waals surface area contributed by atoms with Crippen molar-refractivity contribution in [1.29, 1.82) is 0 Å². The summed E-state index contributed by atoms with van der Waals surface area (Å²) in [5, 5.41) is 31.4. The molecule has 4 aliphatic rings. The largest absolute Gasteiger partial charge is 0.507 e. The van der Waals surface area contributed by atoms with Gasteiger partial charge in [-0.05, 0) is 72.4 Å². The standard InChI is InChI=1S/C40H29Cl2F3N4O9/c1-58-30-11-2-17(12-29(30)51)32-22-9-10-24-31(36(54)48(34(24)52)21-7-8-23(37(55)56)28(50)14-21)25(22)15-26-35(53)49(38(57)39(26,32)18-3-5-20(41)6-4-18)47-33-27(42)13-19(16-46-33)40(43,44)45/h2-9,11-14,16,24-26,31-32,50-51H,10,15H2,1H3,(H,46,47)(H,55,56)/t24-,25+,26-,31-,32-,39+/m0/s1. The molecule has 2 aliphatic heterocycles. The van der Waals surface area contributed by atoms with E-state index in [2.05, 4.69) is 10.4 Å². The predicted octanol–water partition coefficient (Wildman–Crippen LogP) is 6.71. The second kappa shape index (κ2) is 13.8. The van der Waals surface area contributed by atoms with Gasteiger partial charge in [0.2, 0.25) is 11.8 Å². The van der Waals surface area contributed by atoms with Gasteiger partial charge in [-0.25, -0.2) is 14.7 Å². The third-order valence-corrected chi connectivity index (χ3v) is 12.1. The summed E-state index contributed by atoms with van der Waals surface area (Å²) in [7, 11) is 1.34. The zero-order valence-corrected chi connectivity index (χ0v) is 31.3. The first-order chi connectivity index (χ1) is 27.5. The second-order valence-corrected chi connectivity index (χ2v) is 15.2. The Hall–Kier alpha value is -6.13. The minimum atomic E-state index is -4.79. The molecule has 298 valence electrons. The number of carbonyl (C=O) groups is 5. The van der Waals surface area contributed by atoms with Gasteiger partial charge in [0.1, 0.15) is 11.3 Å². The summed E-state index contributed by atoms with van der Waals surface area (Å²) in [5.41, 5.74) is 0.142. The molecule has 1 aromatic heterocycles. The molecule has 0 spiro atoms. The molecule has 4 N–H and O–H groups in total. The van der Waals surface area contributed by atoms with Gasteiger partial charge >= 0.3 is 12.1 Å². The van der Waals surface area contributed by atoms with Crippen LogP contribution in [0.2, 0.25) is 10.0 Å². The number of carbonyl (C=O) groups excluding carboxylic acids is 4. The number of alkyl halides is 3. The molecule has 8 rings (SSSR count). The number of allylic oxidation sites excluding steroid dienone is 2. The van der Waals surface area contributed by atoms with Crippen molar-refractivity contribution in [2.24, 2.45) is 23.7 Å². The normalized spacial score (nSPS) is 25.3. The van der Waals surface area contributed by atoms with Crippen molar-refractivity contribution in [3.05, 3.63) is 117 Å². The van der Waals surface area contributed by atoms with Gasteiger partial charge < -0.3 is 20.1 Å². The molecule has 2 aliphatic carbocycles. The van der Waals surface area contributed by atoms with Crippen LogP contribution in [0.3, 0.4) is 0 Å². The molecule has 0 unspecified atom stereocenters. The van der Waals surface area contributed by atoms with Gasteiger partial charge in [0.15, 0.2) is 17.3 Å². The molecule has 0 radical (unpaired) electrons. The number of nitrogens with zero attached hydrogens (tertiary/aromatic N) is 3. The van der Waals surface area contributed by atoms with Crippen LogP contribution in [-0.4, -0.2) is 62.0 Å². The molecule has 58 heavy (non-hydrogen) atoms. The third-order valence-electron chi connectivity index (χ3n) is 11.6. The molecule has 1 saturated carbocycles. The summed E-state index contributed by atoms with van der Waals surface area (Å²) in [6.45, 7) is 0. The van der Waals surface area contributed by atoms with Crippen LogP contribution in [0.15, 0.2) is 84.6 Å². The van der Waals surface area contributed by atoms with E-state index in [-0.39, 0.29) is 30.0 Å². The number of carboxylic acid groups (broad SMARTS) is 1. The zero-order valence-electron chi connectivity index (χ0n) is 29.8. The fourth-order valence-corrected chi connectivity index (χ4v) is 9.47. The van der Waals surface area contributed by atoms with Gasteiger partial charge in [-0.15, -0.1) is 0 Å². The molecule has 0 bridgehead atoms. The number of imide groups is 2. The number of hydrazine groups is 1. The number of phenols is 2. The van der Waals surface area contributed by atoms with E-state index in [1.165, 1.54) is 37.4 Å². The topological polar surface area (TPSA) is 187 Å². The number of hydrogen-bond donors (Lipinski definition) is 4. The smallest absolute Gasteiger partial charge is 0.417 e. The van der Waals surface area contributed by atoms with Crippen LogP contribution in [-0.2, 0) is 30.8 Å². The maximum absolute atomic E-state index is 15.3. The van der Waals surface area contributed by atoms with E-state index in [1.807, 2.05) is 0 Å². The average molecular weight is 838 g/mol. The number of halogens is 5. The van der Waals surface area contributed by atoms with Crippen LogP contribution in [0.1, 0.15) is 45.8 Å². The van der Waals surface area contributed by atoms with Crippen molar-refractivity contribution < 1.29 is 57.2 Å². The number of hydrogen-bond acceptors (Lipinski definition) is 10. The highest BCUT2D eigenvalue weighted by Crippen LogP contribution is 2.64. The highest BCUT2D eigenvalue weighted by Gasteiger charge is 2.70. The number of aromatic nitrogens is 1. The maximum Gasteiger partial charge on any atom is 0.417 e. The van der Waals surface area contributed by atoms with Gasteiger partial charge in [-0.3, -0.25) is 24.6 Å². The van der Waals surface area contributed by atoms with E-state index in [0.29, 0.717) is 39.0 Å². The number of nitrogens with one attached hydrogen (secondary N) is 1. The average Bonchev–Trinajstić information content (AvgIpc) is 3.55. The highest BCUT2D eigenvalue weighted by atomic mass is 35.5. The molecular formula is C40H29Cl2F3N4O9. The van der Waals surface area contributed by atoms with E-state index < -0.39 is 98.5 Å². The summed E-state index contributed by atoms with van der Waals surface area (Å²) in [6, 6.07) is 14.5. The Morgan fingerprint density at radius 3 is 2.28 bits per heavy atom. The van der Waals surface area contributed by atoms with Gasteiger partial charge in [0, 0.05) is 23.2 Å². The number of aromatic carboxylic acids is 1. The Balaban J connectivity index is 1.30. The Morgan fingerprint density at radius 2 is 1.66 bits per heavy atom. The number of benzene rings is 3. The van der Waals surface area contributed by atoms with E-state index in [0.717, 1.165) is 17.0 Å². The molecular weight excluding hydrogens is 808 g/mol. The van der Waals surface area contributed by atoms with Crippen LogP contribution >= 0.6 is 23.2 Å². The van der Waals surface area contributed by atoms with Gasteiger partial charge in [-0.1, -0.05) is 53.1 Å². The highest BCUT2D eigenvalue weighted by molar-refractivity contribution is 6.33. The molecule has 4 amide bonds. The van der Waals surface area contributed by atoms with Gasteiger partial charge in [-0.2, -0.15) is 18.2 Å². The van der Waals surface area contributed by atoms with Crippen LogP contribution in [0.5, 0.6) is 17.2 Å². The molecule has 3 heterocycles. The summed E-state index contributed by atoms with van der Waals surface area (Å²) in [6.07, 6.45) is -2.73. The lowest BCUT2D eigenvalue weighted by Crippen LogP contribution is -2.53. The van der Waals surface area contributed by atoms with E-state index in [4.69, 9.17) is 27.9 Å². The maximum atomic E-state index is 15.3. The van der Waals surface area contributed by atoms with Crippen molar-refractivity contribution in [1.82, 2.24) is 9.99 Å². The van der Waals surface area contributed by atoms with Crippen molar-refractivity contribution in [2.75, 3.05) is 17.4 Å². The fourth-order valence-electron chi connectivity index (χ4n) is 9.14. The third kappa shape index (κ3) is 5.75. The van der Waals surface area contributed by atoms with Crippen molar-refractivity contribution in [3.63, 3.8) is 0 Å². The van der Waals surface area contributed by atoms with E-state index >= 15 is 4.79 Å². The lowest BCUT2D eigenvalue weighted by molar-refractivity contribution is -0.139. The van der Waals surface area contributed by atoms with Crippen LogP contribution < -0.4 is 15.1 Å². The van der Waals surface area contributed by atoms with E-state index in [1.54, 1.807) is 24.3 Å². The minimum Gasteiger partial charge on any atom is -0.507 e. The monoisotopic (exact) mass is 836 g/mol. The van der Waals surface area contributed by atoms with Crippen molar-refractivity contribution in [2.45, 2.75) is 30.4 Å². The number of aromatic hydroxyl groups is 2. The fraction of sp³-hybridized carbons (Fsp3) is 0.250. The molecule has 4 aromatic rings. The molecule has 3 aromatic carbocycles. The van der Waals surface area contributed by atoms with Crippen molar-refractivity contribution >= 4 is 64.3 Å². The number of carboxylic acids is 1. The number of rotatable bonds is 7. The Labute approximate surface area is 336 Å². The summed E-state index contributed by atoms with van der Waals surface area (Å²) < 4.78 is 45.8. The Bertz CT molecular complexity index is 2500. The number of phenolic OH excluding ortho intramolecular Hbond substituents is 1. The van der Waals surface area contributed by atoms with Crippen LogP contribution in [0.4, 0.5) is 24.7 Å². The predicted molar refractivity (Wildman–Crippen MR) is 199 cm³/mol. The first-order valence-corrected chi connectivity index (χ1v) is 18.4. The molecule has 6 atom stereocenters. The zero-order chi connectivity index (χ0) is 41.6. The summed E-state index contributed by atoms with van der Waals surface area (Å²) in [5.74, 6) is -11.1. The number of ether oxygens (including phenoxy) is 1. The Morgan fingerprint density at radius 1 is 0.931 bits per heavy atom. The second-order valence-electron chi connectivity index (χ2n) is 14.4. The quantitative estimate of drug-likeness (QED) is 0.114. The number of amides is 4. The van der Waals surface area contributed by atoms with Crippen molar-refractivity contribution in [3.8, 4) is 17.2 Å². The molecule has 18 heteroatoms. The van der Waals surface area contributed by atoms with E-state index in [9.17, 15) is 47.7 Å². The van der Waals surface area contributed by atoms with Gasteiger partial charge in [0.25, 0.3) is 11.8 Å². The van der Waals surface area contributed by atoms with Crippen LogP contribution in [0, 0.1) is 23.7 Å². The molecule has 13 nitrogen and oxygen atoms in total. The number of fused-ring (bicyclic) bond motifs is 4. The lowest BCUT2D eigenvalue weighted by atomic mass is 9.49. The number of pyridine rings is 1.